The Bertz CT molecular complexity index is 223. The highest BCUT2D eigenvalue weighted by Crippen LogP contribution is 2.10. The van der Waals surface area contributed by atoms with Crippen molar-refractivity contribution in [2.75, 3.05) is 19.6 Å². The number of rotatable bonds is 4. The monoisotopic (exact) mass is 230 g/mol. The third-order valence-electron chi connectivity index (χ3n) is 2.89. The van der Waals surface area contributed by atoms with Gasteiger partial charge in [0.1, 0.15) is 0 Å². The summed E-state index contributed by atoms with van der Waals surface area (Å²) in [5.41, 5.74) is 0. The fourth-order valence-corrected chi connectivity index (χ4v) is 1.79. The molecule has 2 amide bonds. The molecule has 1 saturated heterocycles. The van der Waals surface area contributed by atoms with Crippen molar-refractivity contribution in [2.24, 2.45) is 0 Å². The summed E-state index contributed by atoms with van der Waals surface area (Å²) in [4.78, 5) is 13.2. The van der Waals surface area contributed by atoms with Crippen LogP contribution in [0.4, 0.5) is 4.79 Å². The van der Waals surface area contributed by atoms with E-state index < -0.39 is 12.2 Å². The minimum absolute atomic E-state index is 0.137. The Morgan fingerprint density at radius 2 is 2.12 bits per heavy atom. The van der Waals surface area contributed by atoms with Crippen molar-refractivity contribution >= 4 is 6.03 Å². The number of hydrogen-bond acceptors (Lipinski definition) is 3. The summed E-state index contributed by atoms with van der Waals surface area (Å²) in [7, 11) is 0. The van der Waals surface area contributed by atoms with Crippen molar-refractivity contribution in [3.05, 3.63) is 0 Å². The molecule has 0 radical (unpaired) electrons. The van der Waals surface area contributed by atoms with Gasteiger partial charge in [-0.3, -0.25) is 0 Å². The quantitative estimate of drug-likeness (QED) is 0.609. The van der Waals surface area contributed by atoms with Crippen LogP contribution in [0.15, 0.2) is 0 Å². The number of unbranched alkanes of at least 4 members (excludes halogenated alkanes) is 2. The van der Waals surface area contributed by atoms with Crippen LogP contribution in [0.25, 0.3) is 0 Å². The number of likely N-dealkylation sites (tertiary alicyclic amines) is 1. The zero-order valence-electron chi connectivity index (χ0n) is 9.85. The Hall–Kier alpha value is -0.810. The molecule has 94 valence electrons. The predicted molar refractivity (Wildman–Crippen MR) is 61.1 cm³/mol. The molecule has 0 aromatic carbocycles. The minimum Gasteiger partial charge on any atom is -0.390 e. The number of urea groups is 1. The lowest BCUT2D eigenvalue weighted by molar-refractivity contribution is -0.0276. The van der Waals surface area contributed by atoms with Crippen LogP contribution in [0.5, 0.6) is 0 Å². The zero-order valence-corrected chi connectivity index (χ0v) is 9.85. The van der Waals surface area contributed by atoms with E-state index >= 15 is 0 Å². The van der Waals surface area contributed by atoms with Gasteiger partial charge in [-0.2, -0.15) is 0 Å². The average Bonchev–Trinajstić information content (AvgIpc) is 2.28. The topological polar surface area (TPSA) is 72.8 Å². The molecular weight excluding hydrogens is 208 g/mol. The molecule has 0 unspecified atom stereocenters. The number of β-amino-alcohol motifs (C(OH)–C–C–N with tert-alkyl or cyclic N) is 1. The van der Waals surface area contributed by atoms with E-state index in [9.17, 15) is 15.0 Å². The molecule has 3 N–H and O–H groups in total. The lowest BCUT2D eigenvalue weighted by Gasteiger charge is -2.33. The van der Waals surface area contributed by atoms with Gasteiger partial charge in [0, 0.05) is 13.1 Å². The van der Waals surface area contributed by atoms with E-state index in [4.69, 9.17) is 0 Å². The maximum absolute atomic E-state index is 11.6. The van der Waals surface area contributed by atoms with Crippen LogP contribution < -0.4 is 5.32 Å². The molecule has 16 heavy (non-hydrogen) atoms. The van der Waals surface area contributed by atoms with Crippen LogP contribution in [0, 0.1) is 0 Å². The van der Waals surface area contributed by atoms with Gasteiger partial charge >= 0.3 is 6.03 Å². The molecule has 1 aliphatic heterocycles. The number of nitrogens with zero attached hydrogens (tertiary/aromatic N) is 1. The highest BCUT2D eigenvalue weighted by molar-refractivity contribution is 5.74. The molecule has 0 saturated carbocycles. The van der Waals surface area contributed by atoms with Crippen molar-refractivity contribution in [1.82, 2.24) is 10.2 Å². The summed E-state index contributed by atoms with van der Waals surface area (Å²) < 4.78 is 0. The second-order valence-corrected chi connectivity index (χ2v) is 4.31. The number of amides is 2. The van der Waals surface area contributed by atoms with E-state index in [1.54, 1.807) is 4.90 Å². The van der Waals surface area contributed by atoms with Crippen LogP contribution >= 0.6 is 0 Å². The molecule has 0 bridgehead atoms. The van der Waals surface area contributed by atoms with E-state index in [1.165, 1.54) is 0 Å². The van der Waals surface area contributed by atoms with E-state index in [2.05, 4.69) is 12.2 Å². The maximum Gasteiger partial charge on any atom is 0.317 e. The SMILES string of the molecule is CCCCCNC(=O)N1CC[C@@H](O)[C@H](O)C1. The Labute approximate surface area is 96.4 Å². The van der Waals surface area contributed by atoms with Crippen molar-refractivity contribution < 1.29 is 15.0 Å². The Balaban J connectivity index is 2.21. The van der Waals surface area contributed by atoms with E-state index in [-0.39, 0.29) is 12.6 Å². The van der Waals surface area contributed by atoms with Crippen molar-refractivity contribution in [3.8, 4) is 0 Å². The van der Waals surface area contributed by atoms with Gasteiger partial charge in [-0.05, 0) is 12.8 Å². The molecule has 0 aromatic heterocycles. The Kier molecular flexibility index (Phi) is 5.55. The lowest BCUT2D eigenvalue weighted by Crippen LogP contribution is -2.52. The van der Waals surface area contributed by atoms with Gasteiger partial charge in [0.15, 0.2) is 0 Å². The number of nitrogens with one attached hydrogen (secondary N) is 1. The van der Waals surface area contributed by atoms with Gasteiger partial charge in [0.05, 0.1) is 18.8 Å². The van der Waals surface area contributed by atoms with Gasteiger partial charge in [0.25, 0.3) is 0 Å². The lowest BCUT2D eigenvalue weighted by atomic mass is 10.1. The van der Waals surface area contributed by atoms with E-state index in [0.717, 1.165) is 19.3 Å². The number of aliphatic hydroxyl groups is 2. The first-order valence-electron chi connectivity index (χ1n) is 6.04. The average molecular weight is 230 g/mol. The van der Waals surface area contributed by atoms with Crippen molar-refractivity contribution in [2.45, 2.75) is 44.8 Å². The summed E-state index contributed by atoms with van der Waals surface area (Å²) in [5, 5.41) is 21.6. The molecule has 1 heterocycles. The second kappa shape index (κ2) is 6.70. The number of hydrogen-bond donors (Lipinski definition) is 3. The first kappa shape index (κ1) is 13.3. The normalized spacial score (nSPS) is 25.6. The Morgan fingerprint density at radius 3 is 2.75 bits per heavy atom. The van der Waals surface area contributed by atoms with Gasteiger partial charge in [-0.15, -0.1) is 0 Å². The number of carbonyl (C=O) groups excluding carboxylic acids is 1. The smallest absolute Gasteiger partial charge is 0.317 e. The second-order valence-electron chi connectivity index (χ2n) is 4.31. The first-order chi connectivity index (χ1) is 7.65. The zero-order chi connectivity index (χ0) is 12.0. The van der Waals surface area contributed by atoms with Gasteiger partial charge in [-0.1, -0.05) is 19.8 Å². The number of aliphatic hydroxyl groups excluding tert-OH is 2. The van der Waals surface area contributed by atoms with Crippen LogP contribution in [-0.4, -0.2) is 53.0 Å². The van der Waals surface area contributed by atoms with Gasteiger partial charge < -0.3 is 20.4 Å². The largest absolute Gasteiger partial charge is 0.390 e. The Morgan fingerprint density at radius 1 is 1.38 bits per heavy atom. The molecule has 2 atom stereocenters. The maximum atomic E-state index is 11.6. The van der Waals surface area contributed by atoms with E-state index in [0.29, 0.717) is 19.5 Å². The number of carbonyl (C=O) groups is 1. The third-order valence-corrected chi connectivity index (χ3v) is 2.89. The van der Waals surface area contributed by atoms with Crippen molar-refractivity contribution in [1.29, 1.82) is 0 Å². The van der Waals surface area contributed by atoms with Crippen molar-refractivity contribution in [3.63, 3.8) is 0 Å². The summed E-state index contributed by atoms with van der Waals surface area (Å²) in [6, 6.07) is -0.137. The van der Waals surface area contributed by atoms with Crippen LogP contribution in [0.1, 0.15) is 32.6 Å². The fraction of sp³-hybridized carbons (Fsp3) is 0.909. The summed E-state index contributed by atoms with van der Waals surface area (Å²) in [5.74, 6) is 0. The molecule has 0 spiro atoms. The standard InChI is InChI=1S/C11H22N2O3/c1-2-3-4-6-12-11(16)13-7-5-9(14)10(15)8-13/h9-10,14-15H,2-8H2,1H3,(H,12,16)/t9-,10-/m1/s1. The summed E-state index contributed by atoms with van der Waals surface area (Å²) in [6.45, 7) is 3.53. The molecule has 0 aromatic rings. The van der Waals surface area contributed by atoms with Gasteiger partial charge in [-0.25, -0.2) is 4.79 Å². The molecule has 1 fully saturated rings. The summed E-state index contributed by atoms with van der Waals surface area (Å²) >= 11 is 0. The predicted octanol–water partition coefficient (Wildman–Crippen LogP) is 0.314. The molecular formula is C11H22N2O3. The third kappa shape index (κ3) is 3.98. The van der Waals surface area contributed by atoms with E-state index in [1.807, 2.05) is 0 Å². The highest BCUT2D eigenvalue weighted by Gasteiger charge is 2.28. The fourth-order valence-electron chi connectivity index (χ4n) is 1.79. The molecule has 1 rings (SSSR count). The number of piperidine rings is 1. The molecule has 1 aliphatic rings. The van der Waals surface area contributed by atoms with Gasteiger partial charge in [0.2, 0.25) is 0 Å². The molecule has 0 aliphatic carbocycles. The molecule has 5 heteroatoms. The first-order valence-corrected chi connectivity index (χ1v) is 6.04. The minimum atomic E-state index is -0.810. The van der Waals surface area contributed by atoms with Crippen LogP contribution in [-0.2, 0) is 0 Å². The highest BCUT2D eigenvalue weighted by atomic mass is 16.3. The summed E-state index contributed by atoms with van der Waals surface area (Å²) in [6.07, 6.45) is 2.18. The van der Waals surface area contributed by atoms with Crippen LogP contribution in [0.2, 0.25) is 0 Å². The van der Waals surface area contributed by atoms with Crippen LogP contribution in [0.3, 0.4) is 0 Å². The molecule has 5 nitrogen and oxygen atoms in total.